The van der Waals surface area contributed by atoms with Crippen LogP contribution >= 0.6 is 11.6 Å². The second-order valence-electron chi connectivity index (χ2n) is 5.16. The van der Waals surface area contributed by atoms with Crippen molar-refractivity contribution < 1.29 is 13.2 Å². The summed E-state index contributed by atoms with van der Waals surface area (Å²) >= 11 is 6.30. The number of hydrogen-bond acceptors (Lipinski definition) is 3. The van der Waals surface area contributed by atoms with Gasteiger partial charge in [0.1, 0.15) is 16.5 Å². The molecule has 1 aromatic rings. The molecule has 0 fully saturated rings. The van der Waals surface area contributed by atoms with Crippen LogP contribution in [-0.2, 0) is 17.1 Å². The van der Waals surface area contributed by atoms with Crippen molar-refractivity contribution >= 4 is 22.3 Å². The highest BCUT2D eigenvalue weighted by Gasteiger charge is 2.18. The van der Waals surface area contributed by atoms with E-state index in [1.165, 1.54) is 0 Å². The molecule has 5 heteroatoms. The minimum absolute atomic E-state index is 0.209. The highest BCUT2D eigenvalue weighted by Crippen LogP contribution is 2.29. The number of hydrogen-bond donors (Lipinski definition) is 1. The molecule has 0 N–H and O–H groups in total. The lowest BCUT2D eigenvalue weighted by Gasteiger charge is -2.23. The highest BCUT2D eigenvalue weighted by molar-refractivity contribution is 7.72. The van der Waals surface area contributed by atoms with E-state index < -0.39 is 10.7 Å². The van der Waals surface area contributed by atoms with Gasteiger partial charge in [-0.1, -0.05) is 31.0 Å². The largest absolute Gasteiger partial charge is 0.494 e. The molecule has 0 amide bonds. The van der Waals surface area contributed by atoms with Gasteiger partial charge >= 0.3 is 0 Å². The first-order chi connectivity index (χ1) is 9.97. The molecule has 0 heterocycles. The van der Waals surface area contributed by atoms with Crippen molar-refractivity contribution in [1.82, 2.24) is 0 Å². The molecule has 0 aliphatic heterocycles. The highest BCUT2D eigenvalue weighted by atomic mass is 35.5. The number of benzene rings is 1. The van der Waals surface area contributed by atoms with E-state index in [1.54, 1.807) is 0 Å². The predicted molar refractivity (Wildman–Crippen MR) is 88.8 cm³/mol. The third-order valence-corrected chi connectivity index (χ3v) is 4.67. The summed E-state index contributed by atoms with van der Waals surface area (Å²) in [6, 6.07) is 5.68. The van der Waals surface area contributed by atoms with Crippen LogP contribution in [-0.4, -0.2) is 20.8 Å². The third kappa shape index (κ3) is 6.27. The van der Waals surface area contributed by atoms with Crippen molar-refractivity contribution in [2.75, 3.05) is 12.4 Å². The van der Waals surface area contributed by atoms with E-state index in [0.717, 1.165) is 24.2 Å². The SMILES string of the molecule is [CH2]C(CC)C(CC[SH](=O)=O)Cc1ccc(OCC)cc1Cl. The van der Waals surface area contributed by atoms with Crippen LogP contribution in [0.5, 0.6) is 5.75 Å². The van der Waals surface area contributed by atoms with Crippen molar-refractivity contribution in [3.8, 4) is 5.75 Å². The lowest BCUT2D eigenvalue weighted by Crippen LogP contribution is -2.16. The molecule has 1 rings (SSSR count). The van der Waals surface area contributed by atoms with Crippen LogP contribution in [0.4, 0.5) is 0 Å². The topological polar surface area (TPSA) is 43.4 Å². The first-order valence-corrected chi connectivity index (χ1v) is 9.08. The van der Waals surface area contributed by atoms with E-state index in [2.05, 4.69) is 13.8 Å². The minimum atomic E-state index is -2.34. The summed E-state index contributed by atoms with van der Waals surface area (Å²) in [7, 11) is -2.34. The monoisotopic (exact) mass is 331 g/mol. The fourth-order valence-electron chi connectivity index (χ4n) is 2.34. The summed E-state index contributed by atoms with van der Waals surface area (Å²) in [6.45, 7) is 8.74. The molecule has 0 aliphatic carbocycles. The van der Waals surface area contributed by atoms with E-state index in [9.17, 15) is 8.42 Å². The van der Waals surface area contributed by atoms with E-state index in [-0.39, 0.29) is 17.6 Å². The predicted octanol–water partition coefficient (Wildman–Crippen LogP) is 3.76. The average molecular weight is 332 g/mol. The molecule has 0 saturated heterocycles. The van der Waals surface area contributed by atoms with Crippen LogP contribution in [0, 0.1) is 18.8 Å². The van der Waals surface area contributed by atoms with Crippen LogP contribution in [0.1, 0.15) is 32.3 Å². The lowest BCUT2D eigenvalue weighted by atomic mass is 9.84. The second-order valence-corrected chi connectivity index (χ2v) is 6.68. The first kappa shape index (κ1) is 18.3. The Labute approximate surface area is 134 Å². The van der Waals surface area contributed by atoms with Gasteiger partial charge < -0.3 is 4.74 Å². The first-order valence-electron chi connectivity index (χ1n) is 7.34. The second kappa shape index (κ2) is 9.31. The maximum Gasteiger partial charge on any atom is 0.140 e. The Bertz CT molecular complexity index is 506. The van der Waals surface area contributed by atoms with Crippen LogP contribution < -0.4 is 4.74 Å². The van der Waals surface area contributed by atoms with Gasteiger partial charge in [-0.25, -0.2) is 8.42 Å². The van der Waals surface area contributed by atoms with Gasteiger partial charge in [0.2, 0.25) is 0 Å². The quantitative estimate of drug-likeness (QED) is 0.701. The molecule has 119 valence electrons. The summed E-state index contributed by atoms with van der Waals surface area (Å²) in [4.78, 5) is 0. The molecular weight excluding hydrogens is 308 g/mol. The van der Waals surface area contributed by atoms with Crippen molar-refractivity contribution in [3.05, 3.63) is 35.7 Å². The Morgan fingerprint density at radius 2 is 2.05 bits per heavy atom. The van der Waals surface area contributed by atoms with Crippen molar-refractivity contribution in [2.24, 2.45) is 11.8 Å². The van der Waals surface area contributed by atoms with Gasteiger partial charge in [-0.15, -0.1) is 0 Å². The Morgan fingerprint density at radius 1 is 1.33 bits per heavy atom. The maximum atomic E-state index is 10.8. The van der Waals surface area contributed by atoms with Crippen LogP contribution in [0.25, 0.3) is 0 Å². The molecule has 1 aromatic carbocycles. The number of rotatable bonds is 9. The maximum absolute atomic E-state index is 10.8. The Hall–Kier alpha value is -0.740. The van der Waals surface area contributed by atoms with Gasteiger partial charge in [0.15, 0.2) is 0 Å². The normalized spacial score (nSPS) is 14.1. The summed E-state index contributed by atoms with van der Waals surface area (Å²) in [6.07, 6.45) is 2.30. The number of halogens is 1. The van der Waals surface area contributed by atoms with Gasteiger partial charge in [-0.05, 0) is 56.2 Å². The molecule has 3 nitrogen and oxygen atoms in total. The molecule has 2 unspecified atom stereocenters. The summed E-state index contributed by atoms with van der Waals surface area (Å²) < 4.78 is 27.1. The molecule has 0 spiro atoms. The molecule has 0 saturated carbocycles. The van der Waals surface area contributed by atoms with Gasteiger partial charge in [0.05, 0.1) is 6.61 Å². The zero-order chi connectivity index (χ0) is 15.8. The zero-order valence-electron chi connectivity index (χ0n) is 12.7. The Morgan fingerprint density at radius 3 is 2.57 bits per heavy atom. The molecule has 21 heavy (non-hydrogen) atoms. The van der Waals surface area contributed by atoms with E-state index in [4.69, 9.17) is 16.3 Å². The molecule has 2 atom stereocenters. The smallest absolute Gasteiger partial charge is 0.140 e. The fraction of sp³-hybridized carbons (Fsp3) is 0.562. The summed E-state index contributed by atoms with van der Waals surface area (Å²) in [5, 5.41) is 0.667. The van der Waals surface area contributed by atoms with E-state index in [1.807, 2.05) is 25.1 Å². The third-order valence-electron chi connectivity index (χ3n) is 3.69. The van der Waals surface area contributed by atoms with Gasteiger partial charge in [0.25, 0.3) is 0 Å². The van der Waals surface area contributed by atoms with Crippen LogP contribution in [0.2, 0.25) is 5.02 Å². The van der Waals surface area contributed by atoms with Crippen LogP contribution in [0.15, 0.2) is 18.2 Å². The van der Waals surface area contributed by atoms with Crippen molar-refractivity contribution in [2.45, 2.75) is 33.1 Å². The fourth-order valence-corrected chi connectivity index (χ4v) is 3.13. The Kier molecular flexibility index (Phi) is 8.12. The summed E-state index contributed by atoms with van der Waals surface area (Å²) in [5.41, 5.74) is 1.02. The lowest BCUT2D eigenvalue weighted by molar-refractivity contribution is 0.339. The van der Waals surface area contributed by atoms with E-state index in [0.29, 0.717) is 18.1 Å². The number of ether oxygens (including phenoxy) is 1. The molecular formula is C16H24ClO3S. The molecule has 0 bridgehead atoms. The van der Waals surface area contributed by atoms with Gasteiger partial charge in [-0.3, -0.25) is 0 Å². The molecule has 0 aliphatic rings. The van der Waals surface area contributed by atoms with Crippen molar-refractivity contribution in [1.29, 1.82) is 0 Å². The van der Waals surface area contributed by atoms with Crippen molar-refractivity contribution in [3.63, 3.8) is 0 Å². The van der Waals surface area contributed by atoms with Crippen LogP contribution in [0.3, 0.4) is 0 Å². The minimum Gasteiger partial charge on any atom is -0.494 e. The summed E-state index contributed by atoms with van der Waals surface area (Å²) in [5.74, 6) is 1.41. The number of thiol groups is 1. The average Bonchev–Trinajstić information content (AvgIpc) is 2.44. The van der Waals surface area contributed by atoms with E-state index >= 15 is 0 Å². The van der Waals surface area contributed by atoms with Gasteiger partial charge in [-0.2, -0.15) is 0 Å². The Balaban J connectivity index is 2.82. The van der Waals surface area contributed by atoms with Gasteiger partial charge in [0, 0.05) is 10.8 Å². The molecule has 0 aromatic heterocycles. The molecule has 1 radical (unpaired) electrons. The standard InChI is InChI=1S/C16H24ClO3S/c1-4-12(3)13(8-9-21(18)19)10-14-6-7-15(20-5-2)11-16(14)17/h6-7,11-13,21H,3-5,8-10H2,1-2H3. The zero-order valence-corrected chi connectivity index (χ0v) is 14.3.